The topological polar surface area (TPSA) is 20.3 Å². The lowest BCUT2D eigenvalue weighted by molar-refractivity contribution is -0.121. The fourth-order valence-corrected chi connectivity index (χ4v) is 2.42. The van der Waals surface area contributed by atoms with Gasteiger partial charge in [-0.2, -0.15) is 0 Å². The van der Waals surface area contributed by atoms with E-state index < -0.39 is 0 Å². The predicted octanol–water partition coefficient (Wildman–Crippen LogP) is 2.63. The molecule has 1 aliphatic rings. The van der Waals surface area contributed by atoms with Crippen molar-refractivity contribution in [2.45, 2.75) is 25.8 Å². The Morgan fingerprint density at radius 2 is 2.06 bits per heavy atom. The van der Waals surface area contributed by atoms with Crippen LogP contribution in [-0.2, 0) is 11.3 Å². The number of nitrogens with zero attached hydrogens (tertiary/aromatic N) is 1. The fourth-order valence-electron chi connectivity index (χ4n) is 2.42. The lowest BCUT2D eigenvalue weighted by atomic mass is 10.1. The minimum absolute atomic E-state index is 0.206. The Balaban J connectivity index is 1.86. The zero-order chi connectivity index (χ0) is 12.3. The van der Waals surface area contributed by atoms with Crippen LogP contribution in [0, 0.1) is 11.7 Å². The summed E-state index contributed by atoms with van der Waals surface area (Å²) in [6.45, 7) is 1.58. The van der Waals surface area contributed by atoms with Gasteiger partial charge in [0.2, 0.25) is 0 Å². The second-order valence-electron chi connectivity index (χ2n) is 4.88. The standard InChI is InChI=1S/C14H18FNO/c1-16(10-12-3-2-4-14(12)17)9-11-5-7-13(15)8-6-11/h5-8,12H,2-4,9-10H2,1H3. The number of halogens is 1. The van der Waals surface area contributed by atoms with Gasteiger partial charge in [0.1, 0.15) is 11.6 Å². The van der Waals surface area contributed by atoms with E-state index in [1.807, 2.05) is 7.05 Å². The van der Waals surface area contributed by atoms with Crippen molar-refractivity contribution in [2.75, 3.05) is 13.6 Å². The molecule has 1 atom stereocenters. The van der Waals surface area contributed by atoms with Gasteiger partial charge in [0.25, 0.3) is 0 Å². The molecule has 0 amide bonds. The summed E-state index contributed by atoms with van der Waals surface area (Å²) in [6.07, 6.45) is 2.80. The van der Waals surface area contributed by atoms with Gasteiger partial charge in [-0.15, -0.1) is 0 Å². The number of rotatable bonds is 4. The third-order valence-corrected chi connectivity index (χ3v) is 3.33. The van der Waals surface area contributed by atoms with E-state index in [1.54, 1.807) is 12.1 Å². The molecule has 1 aromatic carbocycles. The monoisotopic (exact) mass is 235 g/mol. The van der Waals surface area contributed by atoms with E-state index in [0.29, 0.717) is 5.78 Å². The van der Waals surface area contributed by atoms with Crippen LogP contribution < -0.4 is 0 Å². The zero-order valence-corrected chi connectivity index (χ0v) is 10.2. The van der Waals surface area contributed by atoms with Gasteiger partial charge in [0.15, 0.2) is 0 Å². The zero-order valence-electron chi connectivity index (χ0n) is 10.2. The van der Waals surface area contributed by atoms with Crippen LogP contribution in [-0.4, -0.2) is 24.3 Å². The third kappa shape index (κ3) is 3.37. The van der Waals surface area contributed by atoms with Crippen LogP contribution >= 0.6 is 0 Å². The van der Waals surface area contributed by atoms with E-state index in [1.165, 1.54) is 12.1 Å². The van der Waals surface area contributed by atoms with E-state index >= 15 is 0 Å². The number of Topliss-reactive ketones (excluding diaryl/α,β-unsaturated/α-hetero) is 1. The molecule has 92 valence electrons. The van der Waals surface area contributed by atoms with Crippen molar-refractivity contribution in [1.29, 1.82) is 0 Å². The molecule has 0 saturated heterocycles. The quantitative estimate of drug-likeness (QED) is 0.799. The van der Waals surface area contributed by atoms with Gasteiger partial charge in [-0.25, -0.2) is 4.39 Å². The summed E-state index contributed by atoms with van der Waals surface area (Å²) in [5.41, 5.74) is 1.08. The van der Waals surface area contributed by atoms with Crippen LogP contribution in [0.2, 0.25) is 0 Å². The van der Waals surface area contributed by atoms with E-state index in [0.717, 1.165) is 37.9 Å². The molecule has 3 heteroatoms. The molecule has 1 saturated carbocycles. The highest BCUT2D eigenvalue weighted by molar-refractivity contribution is 5.83. The summed E-state index contributed by atoms with van der Waals surface area (Å²) >= 11 is 0. The summed E-state index contributed by atoms with van der Waals surface area (Å²) < 4.78 is 12.7. The molecule has 0 heterocycles. The Bertz CT molecular complexity index is 388. The summed E-state index contributed by atoms with van der Waals surface area (Å²) in [5, 5.41) is 0. The Labute approximate surface area is 101 Å². The number of ketones is 1. The molecule has 2 nitrogen and oxygen atoms in total. The van der Waals surface area contributed by atoms with Gasteiger partial charge < -0.3 is 4.90 Å². The van der Waals surface area contributed by atoms with E-state index in [2.05, 4.69) is 4.90 Å². The number of hydrogen-bond acceptors (Lipinski definition) is 2. The smallest absolute Gasteiger partial charge is 0.137 e. The summed E-state index contributed by atoms with van der Waals surface area (Å²) in [4.78, 5) is 13.7. The first-order valence-corrected chi connectivity index (χ1v) is 6.11. The van der Waals surface area contributed by atoms with Crippen LogP contribution in [0.15, 0.2) is 24.3 Å². The normalized spacial score (nSPS) is 20.2. The molecule has 0 aliphatic heterocycles. The van der Waals surface area contributed by atoms with Crippen molar-refractivity contribution in [3.05, 3.63) is 35.6 Å². The molecule has 1 fully saturated rings. The largest absolute Gasteiger partial charge is 0.301 e. The maximum Gasteiger partial charge on any atom is 0.137 e. The fraction of sp³-hybridized carbons (Fsp3) is 0.500. The Morgan fingerprint density at radius 3 is 2.65 bits per heavy atom. The van der Waals surface area contributed by atoms with Crippen LogP contribution in [0.4, 0.5) is 4.39 Å². The van der Waals surface area contributed by atoms with Crippen molar-refractivity contribution in [1.82, 2.24) is 4.90 Å². The highest BCUT2D eigenvalue weighted by Gasteiger charge is 2.25. The second-order valence-corrected chi connectivity index (χ2v) is 4.88. The summed E-state index contributed by atoms with van der Waals surface area (Å²) in [6, 6.07) is 6.54. The Hall–Kier alpha value is -1.22. The maximum atomic E-state index is 12.7. The number of benzene rings is 1. The lowest BCUT2D eigenvalue weighted by Gasteiger charge is -2.20. The Morgan fingerprint density at radius 1 is 1.35 bits per heavy atom. The van der Waals surface area contributed by atoms with Crippen LogP contribution in [0.5, 0.6) is 0 Å². The molecule has 2 rings (SSSR count). The molecule has 1 unspecified atom stereocenters. The van der Waals surface area contributed by atoms with Crippen molar-refractivity contribution in [3.8, 4) is 0 Å². The molecule has 1 aromatic rings. The van der Waals surface area contributed by atoms with Crippen molar-refractivity contribution in [3.63, 3.8) is 0 Å². The number of carbonyl (C=O) groups is 1. The van der Waals surface area contributed by atoms with Crippen molar-refractivity contribution in [2.24, 2.45) is 5.92 Å². The van der Waals surface area contributed by atoms with Crippen LogP contribution in [0.1, 0.15) is 24.8 Å². The highest BCUT2D eigenvalue weighted by atomic mass is 19.1. The number of hydrogen-bond donors (Lipinski definition) is 0. The minimum Gasteiger partial charge on any atom is -0.301 e. The predicted molar refractivity (Wildman–Crippen MR) is 65.1 cm³/mol. The van der Waals surface area contributed by atoms with Gasteiger partial charge >= 0.3 is 0 Å². The average Bonchev–Trinajstić information content (AvgIpc) is 2.68. The molecule has 0 N–H and O–H groups in total. The van der Waals surface area contributed by atoms with E-state index in [-0.39, 0.29) is 11.7 Å². The van der Waals surface area contributed by atoms with E-state index in [9.17, 15) is 9.18 Å². The Kier molecular flexibility index (Phi) is 3.89. The van der Waals surface area contributed by atoms with Crippen molar-refractivity contribution < 1.29 is 9.18 Å². The molecule has 0 bridgehead atoms. The van der Waals surface area contributed by atoms with E-state index in [4.69, 9.17) is 0 Å². The molecule has 0 aromatic heterocycles. The molecule has 17 heavy (non-hydrogen) atoms. The van der Waals surface area contributed by atoms with Gasteiger partial charge in [-0.05, 0) is 37.6 Å². The molecular formula is C14H18FNO. The van der Waals surface area contributed by atoms with Crippen molar-refractivity contribution >= 4 is 5.78 Å². The first kappa shape index (κ1) is 12.2. The van der Waals surface area contributed by atoms with Crippen LogP contribution in [0.3, 0.4) is 0 Å². The molecule has 0 spiro atoms. The average molecular weight is 235 g/mol. The van der Waals surface area contributed by atoms with Gasteiger partial charge in [0, 0.05) is 25.4 Å². The SMILES string of the molecule is CN(Cc1ccc(F)cc1)CC1CCCC1=O. The first-order valence-electron chi connectivity index (χ1n) is 6.11. The first-order chi connectivity index (χ1) is 8.15. The summed E-state index contributed by atoms with van der Waals surface area (Å²) in [7, 11) is 2.01. The third-order valence-electron chi connectivity index (χ3n) is 3.33. The minimum atomic E-state index is -0.206. The highest BCUT2D eigenvalue weighted by Crippen LogP contribution is 2.22. The second kappa shape index (κ2) is 5.41. The molecule has 1 aliphatic carbocycles. The molecule has 0 radical (unpaired) electrons. The lowest BCUT2D eigenvalue weighted by Crippen LogP contribution is -2.27. The summed E-state index contributed by atoms with van der Waals surface area (Å²) in [5.74, 6) is 0.402. The maximum absolute atomic E-state index is 12.7. The van der Waals surface area contributed by atoms with Crippen LogP contribution in [0.25, 0.3) is 0 Å². The van der Waals surface area contributed by atoms with Gasteiger partial charge in [0.05, 0.1) is 0 Å². The van der Waals surface area contributed by atoms with Gasteiger partial charge in [-0.3, -0.25) is 4.79 Å². The number of carbonyl (C=O) groups excluding carboxylic acids is 1. The molecular weight excluding hydrogens is 217 g/mol. The van der Waals surface area contributed by atoms with Gasteiger partial charge in [-0.1, -0.05) is 12.1 Å².